The van der Waals surface area contributed by atoms with Crippen LogP contribution in [0.1, 0.15) is 23.6 Å². The first-order valence-corrected chi connectivity index (χ1v) is 4.48. The van der Waals surface area contributed by atoms with Crippen LogP contribution >= 0.6 is 0 Å². The summed E-state index contributed by atoms with van der Waals surface area (Å²) >= 11 is 0. The Bertz CT molecular complexity index is 277. The highest BCUT2D eigenvalue weighted by Crippen LogP contribution is 2.31. The molecule has 1 atom stereocenters. The van der Waals surface area contributed by atoms with Gasteiger partial charge in [-0.2, -0.15) is 5.10 Å². The lowest BCUT2D eigenvalue weighted by Crippen LogP contribution is -2.14. The van der Waals surface area contributed by atoms with Gasteiger partial charge in [-0.25, -0.2) is 0 Å². The Labute approximate surface area is 72.8 Å². The van der Waals surface area contributed by atoms with Crippen LogP contribution in [0.15, 0.2) is 6.20 Å². The fraction of sp³-hybridized carbons (Fsp3) is 0.667. The quantitative estimate of drug-likeness (QED) is 0.698. The fourth-order valence-corrected chi connectivity index (χ4v) is 2.01. The highest BCUT2D eigenvalue weighted by molar-refractivity contribution is 5.27. The van der Waals surface area contributed by atoms with Gasteiger partial charge in [-0.1, -0.05) is 0 Å². The van der Waals surface area contributed by atoms with Crippen molar-refractivity contribution in [1.29, 1.82) is 0 Å². The second-order valence-corrected chi connectivity index (χ2v) is 3.50. The molecule has 0 fully saturated rings. The predicted octanol–water partition coefficient (Wildman–Crippen LogP) is 0.669. The van der Waals surface area contributed by atoms with E-state index in [4.69, 9.17) is 0 Å². The summed E-state index contributed by atoms with van der Waals surface area (Å²) < 4.78 is 1.92. The maximum atomic E-state index is 4.41. The van der Waals surface area contributed by atoms with Gasteiger partial charge in [-0.3, -0.25) is 4.68 Å². The Morgan fingerprint density at radius 3 is 3.33 bits per heavy atom. The summed E-state index contributed by atoms with van der Waals surface area (Å²) in [5, 5.41) is 7.64. The zero-order chi connectivity index (χ0) is 8.55. The molecule has 1 heterocycles. The Kier molecular flexibility index (Phi) is 1.89. The van der Waals surface area contributed by atoms with E-state index < -0.39 is 0 Å². The van der Waals surface area contributed by atoms with Gasteiger partial charge in [0.1, 0.15) is 0 Å². The minimum atomic E-state index is 0.693. The molecule has 12 heavy (non-hydrogen) atoms. The zero-order valence-electron chi connectivity index (χ0n) is 7.67. The van der Waals surface area contributed by atoms with E-state index in [0.29, 0.717) is 5.92 Å². The molecule has 0 aromatic carbocycles. The van der Waals surface area contributed by atoms with Gasteiger partial charge in [0.05, 0.1) is 5.69 Å². The molecule has 2 rings (SSSR count). The minimum Gasteiger partial charge on any atom is -0.319 e. The van der Waals surface area contributed by atoms with Crippen LogP contribution in [0.5, 0.6) is 0 Å². The second kappa shape index (κ2) is 2.90. The molecule has 1 aliphatic carbocycles. The molecule has 0 saturated carbocycles. The van der Waals surface area contributed by atoms with Gasteiger partial charge in [-0.05, 0) is 25.5 Å². The van der Waals surface area contributed by atoms with Crippen molar-refractivity contribution in [2.24, 2.45) is 7.05 Å². The largest absolute Gasteiger partial charge is 0.319 e. The normalized spacial score (nSPS) is 21.3. The molecule has 0 bridgehead atoms. The van der Waals surface area contributed by atoms with Crippen LogP contribution in [0.2, 0.25) is 0 Å². The van der Waals surface area contributed by atoms with Crippen LogP contribution in [0.3, 0.4) is 0 Å². The molecule has 0 aliphatic heterocycles. The third-order valence-electron chi connectivity index (χ3n) is 2.56. The molecule has 0 saturated heterocycles. The molecule has 1 aliphatic rings. The van der Waals surface area contributed by atoms with Crippen molar-refractivity contribution in [1.82, 2.24) is 15.1 Å². The molecular weight excluding hydrogens is 150 g/mol. The molecule has 0 radical (unpaired) electrons. The van der Waals surface area contributed by atoms with Crippen molar-refractivity contribution in [2.75, 3.05) is 13.6 Å². The third-order valence-corrected chi connectivity index (χ3v) is 2.56. The first kappa shape index (κ1) is 7.80. The van der Waals surface area contributed by atoms with Gasteiger partial charge in [0.2, 0.25) is 0 Å². The van der Waals surface area contributed by atoms with E-state index in [1.807, 2.05) is 18.8 Å². The van der Waals surface area contributed by atoms with Crippen molar-refractivity contribution in [3.05, 3.63) is 17.5 Å². The van der Waals surface area contributed by atoms with Crippen LogP contribution in [0.4, 0.5) is 0 Å². The number of fused-ring (bicyclic) bond motifs is 1. The van der Waals surface area contributed by atoms with E-state index in [1.54, 1.807) is 0 Å². The van der Waals surface area contributed by atoms with Crippen molar-refractivity contribution in [2.45, 2.75) is 18.8 Å². The molecule has 0 spiro atoms. The topological polar surface area (TPSA) is 29.9 Å². The summed E-state index contributed by atoms with van der Waals surface area (Å²) in [6, 6.07) is 0. The van der Waals surface area contributed by atoms with E-state index in [9.17, 15) is 0 Å². The smallest absolute Gasteiger partial charge is 0.0659 e. The first-order valence-electron chi connectivity index (χ1n) is 4.48. The van der Waals surface area contributed by atoms with E-state index in [-0.39, 0.29) is 0 Å². The van der Waals surface area contributed by atoms with Gasteiger partial charge in [-0.15, -0.1) is 0 Å². The van der Waals surface area contributed by atoms with Crippen molar-refractivity contribution in [3.63, 3.8) is 0 Å². The minimum absolute atomic E-state index is 0.693. The summed E-state index contributed by atoms with van der Waals surface area (Å²) in [7, 11) is 4.00. The van der Waals surface area contributed by atoms with Crippen LogP contribution in [-0.4, -0.2) is 23.4 Å². The maximum absolute atomic E-state index is 4.41. The second-order valence-electron chi connectivity index (χ2n) is 3.50. The summed E-state index contributed by atoms with van der Waals surface area (Å²) in [4.78, 5) is 0. The van der Waals surface area contributed by atoms with Gasteiger partial charge in [0.25, 0.3) is 0 Å². The summed E-state index contributed by atoms with van der Waals surface area (Å²) in [5.41, 5.74) is 2.75. The molecule has 3 nitrogen and oxygen atoms in total. The SMILES string of the molecule is CNCC1CCc2nn(C)cc21. The summed E-state index contributed by atoms with van der Waals surface area (Å²) in [6.07, 6.45) is 4.58. The fourth-order valence-electron chi connectivity index (χ4n) is 2.01. The predicted molar refractivity (Wildman–Crippen MR) is 48.2 cm³/mol. The number of likely N-dealkylation sites (N-methyl/N-ethyl adjacent to an activating group) is 1. The van der Waals surface area contributed by atoms with Crippen molar-refractivity contribution in [3.8, 4) is 0 Å². The molecule has 66 valence electrons. The lowest BCUT2D eigenvalue weighted by Gasteiger charge is -2.07. The number of aromatic nitrogens is 2. The highest BCUT2D eigenvalue weighted by Gasteiger charge is 2.24. The van der Waals surface area contributed by atoms with Crippen molar-refractivity contribution >= 4 is 0 Å². The Balaban J connectivity index is 2.22. The Hall–Kier alpha value is -0.830. The van der Waals surface area contributed by atoms with Crippen molar-refractivity contribution < 1.29 is 0 Å². The highest BCUT2D eigenvalue weighted by atomic mass is 15.3. The van der Waals surface area contributed by atoms with Crippen LogP contribution in [0, 0.1) is 0 Å². The Morgan fingerprint density at radius 1 is 1.75 bits per heavy atom. The number of hydrogen-bond donors (Lipinski definition) is 1. The molecule has 1 aromatic heterocycles. The van der Waals surface area contributed by atoms with E-state index in [1.165, 1.54) is 17.7 Å². The standard InChI is InChI=1S/C9H15N3/c1-10-5-7-3-4-9-8(7)6-12(2)11-9/h6-7,10H,3-5H2,1-2H3. The number of nitrogens with one attached hydrogen (secondary N) is 1. The van der Waals surface area contributed by atoms with Crippen LogP contribution in [0.25, 0.3) is 0 Å². The van der Waals surface area contributed by atoms with Gasteiger partial charge < -0.3 is 5.32 Å². The van der Waals surface area contributed by atoms with E-state index in [0.717, 1.165) is 13.0 Å². The molecule has 1 N–H and O–H groups in total. The number of nitrogens with zero attached hydrogens (tertiary/aromatic N) is 2. The zero-order valence-corrected chi connectivity index (χ0v) is 7.67. The molecular formula is C9H15N3. The van der Waals surface area contributed by atoms with Gasteiger partial charge in [0.15, 0.2) is 0 Å². The van der Waals surface area contributed by atoms with E-state index >= 15 is 0 Å². The molecule has 0 amide bonds. The lowest BCUT2D eigenvalue weighted by molar-refractivity contribution is 0.610. The number of aryl methyl sites for hydroxylation is 2. The first-order chi connectivity index (χ1) is 5.81. The van der Waals surface area contributed by atoms with Gasteiger partial charge >= 0.3 is 0 Å². The number of rotatable bonds is 2. The average Bonchev–Trinajstić information content (AvgIpc) is 2.52. The maximum Gasteiger partial charge on any atom is 0.0659 e. The average molecular weight is 165 g/mol. The molecule has 1 aromatic rings. The van der Waals surface area contributed by atoms with Crippen LogP contribution < -0.4 is 5.32 Å². The molecule has 3 heteroatoms. The van der Waals surface area contributed by atoms with E-state index in [2.05, 4.69) is 16.6 Å². The summed E-state index contributed by atoms with van der Waals surface area (Å²) in [6.45, 7) is 1.08. The van der Waals surface area contributed by atoms with Crippen LogP contribution in [-0.2, 0) is 13.5 Å². The number of hydrogen-bond acceptors (Lipinski definition) is 2. The summed E-state index contributed by atoms with van der Waals surface area (Å²) in [5.74, 6) is 0.693. The third kappa shape index (κ3) is 1.14. The Morgan fingerprint density at radius 2 is 2.58 bits per heavy atom. The van der Waals surface area contributed by atoms with Gasteiger partial charge in [0, 0.05) is 25.7 Å². The lowest BCUT2D eigenvalue weighted by atomic mass is 10.1. The molecule has 1 unspecified atom stereocenters. The monoisotopic (exact) mass is 165 g/mol.